The summed E-state index contributed by atoms with van der Waals surface area (Å²) in [6.07, 6.45) is 3.09. The third kappa shape index (κ3) is 3.18. The lowest BCUT2D eigenvalue weighted by molar-refractivity contribution is -0.247. The second kappa shape index (κ2) is 5.63. The highest BCUT2D eigenvalue weighted by molar-refractivity contribution is 6.33. The molecule has 2 heterocycles. The van der Waals surface area contributed by atoms with Crippen LogP contribution in [0, 0.1) is 0 Å². The molecular weight excluding hydrogens is 292 g/mol. The van der Waals surface area contributed by atoms with Gasteiger partial charge in [0.2, 0.25) is 0 Å². The Hall–Kier alpha value is -1.63. The van der Waals surface area contributed by atoms with E-state index in [-0.39, 0.29) is 6.04 Å². The third-order valence-electron chi connectivity index (χ3n) is 3.26. The lowest BCUT2D eigenvalue weighted by atomic mass is 10.2. The van der Waals surface area contributed by atoms with Gasteiger partial charge in [0.15, 0.2) is 5.79 Å². The smallest absolute Gasteiger partial charge is 0.162 e. The number of hydrogen-bond donors (Lipinski definition) is 1. The summed E-state index contributed by atoms with van der Waals surface area (Å²) >= 11 is 6.29. The molecule has 0 atom stereocenters. The van der Waals surface area contributed by atoms with E-state index in [1.54, 1.807) is 11.0 Å². The van der Waals surface area contributed by atoms with Crippen molar-refractivity contribution in [2.45, 2.75) is 25.7 Å². The molecule has 21 heavy (non-hydrogen) atoms. The van der Waals surface area contributed by atoms with Crippen molar-refractivity contribution >= 4 is 17.3 Å². The second-order valence-electron chi connectivity index (χ2n) is 5.34. The van der Waals surface area contributed by atoms with Gasteiger partial charge in [0.1, 0.15) is 18.3 Å². The molecule has 0 radical (unpaired) electrons. The van der Waals surface area contributed by atoms with Crippen LogP contribution in [0.3, 0.4) is 0 Å². The minimum absolute atomic E-state index is 0.0544. The van der Waals surface area contributed by atoms with Crippen LogP contribution in [-0.2, 0) is 9.47 Å². The average molecular weight is 309 g/mol. The van der Waals surface area contributed by atoms with Crippen molar-refractivity contribution in [2.75, 3.05) is 18.5 Å². The molecule has 112 valence electrons. The van der Waals surface area contributed by atoms with Crippen molar-refractivity contribution in [1.29, 1.82) is 0 Å². The number of rotatable bonds is 3. The number of anilines is 1. The minimum atomic E-state index is -0.527. The molecule has 2 aromatic rings. The van der Waals surface area contributed by atoms with E-state index in [1.807, 2.05) is 32.0 Å². The lowest BCUT2D eigenvalue weighted by Gasteiger charge is -2.35. The van der Waals surface area contributed by atoms with E-state index in [9.17, 15) is 0 Å². The van der Waals surface area contributed by atoms with Crippen LogP contribution in [-0.4, -0.2) is 39.8 Å². The van der Waals surface area contributed by atoms with E-state index >= 15 is 0 Å². The SMILES string of the molecule is CC1(C)OCC(Nc2cccc(Cl)c2-n2cncn2)CO1. The van der Waals surface area contributed by atoms with Crippen LogP contribution in [0.2, 0.25) is 5.02 Å². The van der Waals surface area contributed by atoms with Crippen molar-refractivity contribution in [3.63, 3.8) is 0 Å². The Morgan fingerprint density at radius 1 is 1.33 bits per heavy atom. The Morgan fingerprint density at radius 3 is 2.76 bits per heavy atom. The Bertz CT molecular complexity index is 605. The zero-order valence-electron chi connectivity index (χ0n) is 11.9. The first-order valence-electron chi connectivity index (χ1n) is 6.73. The van der Waals surface area contributed by atoms with Gasteiger partial charge in [-0.1, -0.05) is 17.7 Å². The molecule has 1 aromatic heterocycles. The van der Waals surface area contributed by atoms with Gasteiger partial charge in [-0.2, -0.15) is 5.10 Å². The highest BCUT2D eigenvalue weighted by Gasteiger charge is 2.28. The molecule has 0 spiro atoms. The maximum atomic E-state index is 6.29. The maximum Gasteiger partial charge on any atom is 0.162 e. The van der Waals surface area contributed by atoms with E-state index < -0.39 is 5.79 Å². The van der Waals surface area contributed by atoms with Crippen LogP contribution >= 0.6 is 11.6 Å². The molecular formula is C14H17ClN4O2. The molecule has 0 aliphatic carbocycles. The topological polar surface area (TPSA) is 61.2 Å². The average Bonchev–Trinajstić information content (AvgIpc) is 2.95. The van der Waals surface area contributed by atoms with Gasteiger partial charge in [-0.05, 0) is 26.0 Å². The van der Waals surface area contributed by atoms with Crippen LogP contribution < -0.4 is 5.32 Å². The minimum Gasteiger partial charge on any atom is -0.376 e. The third-order valence-corrected chi connectivity index (χ3v) is 3.56. The predicted octanol–water partition coefficient (Wildman–Crippen LogP) is 2.48. The van der Waals surface area contributed by atoms with Crippen LogP contribution in [0.15, 0.2) is 30.9 Å². The highest BCUT2D eigenvalue weighted by Crippen LogP contribution is 2.29. The molecule has 6 nitrogen and oxygen atoms in total. The van der Waals surface area contributed by atoms with Crippen molar-refractivity contribution < 1.29 is 9.47 Å². The summed E-state index contributed by atoms with van der Waals surface area (Å²) in [6.45, 7) is 4.94. The maximum absolute atomic E-state index is 6.29. The molecule has 0 bridgehead atoms. The molecule has 0 saturated carbocycles. The number of aromatic nitrogens is 3. The molecule has 1 aliphatic rings. The Morgan fingerprint density at radius 2 is 2.10 bits per heavy atom. The summed E-state index contributed by atoms with van der Waals surface area (Å²) in [5.41, 5.74) is 1.63. The van der Waals surface area contributed by atoms with Crippen molar-refractivity contribution in [1.82, 2.24) is 14.8 Å². The molecule has 1 fully saturated rings. The molecule has 1 aliphatic heterocycles. The van der Waals surface area contributed by atoms with Gasteiger partial charge in [0, 0.05) is 0 Å². The van der Waals surface area contributed by atoms with E-state index in [2.05, 4.69) is 15.4 Å². The van der Waals surface area contributed by atoms with Gasteiger partial charge >= 0.3 is 0 Å². The fourth-order valence-electron chi connectivity index (χ4n) is 2.18. The number of benzene rings is 1. The summed E-state index contributed by atoms with van der Waals surface area (Å²) in [5.74, 6) is -0.527. The van der Waals surface area contributed by atoms with Crippen LogP contribution in [0.5, 0.6) is 0 Å². The molecule has 7 heteroatoms. The number of para-hydroxylation sites is 1. The van der Waals surface area contributed by atoms with Gasteiger partial charge in [-0.15, -0.1) is 0 Å². The van der Waals surface area contributed by atoms with Crippen LogP contribution in [0.4, 0.5) is 5.69 Å². The fraction of sp³-hybridized carbons (Fsp3) is 0.429. The van der Waals surface area contributed by atoms with E-state index in [0.717, 1.165) is 11.4 Å². The van der Waals surface area contributed by atoms with Gasteiger partial charge < -0.3 is 14.8 Å². The molecule has 0 amide bonds. The Kier molecular flexibility index (Phi) is 3.84. The normalized spacial score (nSPS) is 18.6. The molecule has 1 aromatic carbocycles. The Labute approximate surface area is 128 Å². The summed E-state index contributed by atoms with van der Waals surface area (Å²) in [6, 6.07) is 5.71. The Balaban J connectivity index is 1.82. The molecule has 3 rings (SSSR count). The molecule has 1 saturated heterocycles. The fourth-order valence-corrected chi connectivity index (χ4v) is 2.45. The second-order valence-corrected chi connectivity index (χ2v) is 5.75. The summed E-state index contributed by atoms with van der Waals surface area (Å²) in [5, 5.41) is 8.14. The zero-order chi connectivity index (χ0) is 14.9. The number of nitrogens with one attached hydrogen (secondary N) is 1. The van der Waals surface area contributed by atoms with E-state index in [1.165, 1.54) is 6.33 Å². The van der Waals surface area contributed by atoms with Crippen LogP contribution in [0.1, 0.15) is 13.8 Å². The van der Waals surface area contributed by atoms with Gasteiger partial charge in [-0.25, -0.2) is 9.67 Å². The first-order valence-corrected chi connectivity index (χ1v) is 7.11. The molecule has 0 unspecified atom stereocenters. The standard InChI is InChI=1S/C14H17ClN4O2/c1-14(2)20-6-10(7-21-14)18-12-5-3-4-11(15)13(12)19-9-16-8-17-19/h3-5,8-10,18H,6-7H2,1-2H3. The van der Waals surface area contributed by atoms with Crippen LogP contribution in [0.25, 0.3) is 5.69 Å². The highest BCUT2D eigenvalue weighted by atomic mass is 35.5. The van der Waals surface area contributed by atoms with Crippen molar-refractivity contribution in [3.05, 3.63) is 35.9 Å². The van der Waals surface area contributed by atoms with Gasteiger partial charge in [-0.3, -0.25) is 0 Å². The van der Waals surface area contributed by atoms with Crippen molar-refractivity contribution in [3.8, 4) is 5.69 Å². The van der Waals surface area contributed by atoms with E-state index in [4.69, 9.17) is 21.1 Å². The summed E-state index contributed by atoms with van der Waals surface area (Å²) < 4.78 is 13.0. The number of ether oxygens (including phenoxy) is 2. The number of halogens is 1. The van der Waals surface area contributed by atoms with Crippen molar-refractivity contribution in [2.24, 2.45) is 0 Å². The largest absolute Gasteiger partial charge is 0.376 e. The predicted molar refractivity (Wildman–Crippen MR) is 79.8 cm³/mol. The van der Waals surface area contributed by atoms with Gasteiger partial charge in [0.05, 0.1) is 30.0 Å². The first-order chi connectivity index (χ1) is 10.1. The number of hydrogen-bond acceptors (Lipinski definition) is 5. The van der Waals surface area contributed by atoms with Gasteiger partial charge in [0.25, 0.3) is 0 Å². The molecule has 1 N–H and O–H groups in total. The summed E-state index contributed by atoms with van der Waals surface area (Å²) in [4.78, 5) is 3.96. The monoisotopic (exact) mass is 308 g/mol. The summed E-state index contributed by atoms with van der Waals surface area (Å²) in [7, 11) is 0. The number of nitrogens with zero attached hydrogens (tertiary/aromatic N) is 3. The first kappa shape index (κ1) is 14.3. The van der Waals surface area contributed by atoms with E-state index in [0.29, 0.717) is 18.2 Å². The lowest BCUT2D eigenvalue weighted by Crippen LogP contribution is -2.45. The quantitative estimate of drug-likeness (QED) is 0.944. The zero-order valence-corrected chi connectivity index (χ0v) is 12.7.